The van der Waals surface area contributed by atoms with E-state index in [1.165, 1.54) is 12.0 Å². The number of carbonyl (C=O) groups excluding carboxylic acids is 3. The summed E-state index contributed by atoms with van der Waals surface area (Å²) >= 11 is 0. The number of methoxy groups -OCH3 is 1. The third-order valence-corrected chi connectivity index (χ3v) is 3.40. The molecule has 9 heteroatoms. The Kier molecular flexibility index (Phi) is 12.4. The van der Waals surface area contributed by atoms with Crippen LogP contribution < -0.4 is 5.32 Å². The maximum Gasteiger partial charge on any atom is 0.408 e. The molecule has 0 aliphatic heterocycles. The molecule has 0 radical (unpaired) electrons. The predicted octanol–water partition coefficient (Wildman–Crippen LogP) is 1.34. The average Bonchev–Trinajstić information content (AvgIpc) is 2.58. The van der Waals surface area contributed by atoms with Gasteiger partial charge in [0.1, 0.15) is 11.6 Å². The lowest BCUT2D eigenvalue weighted by molar-refractivity contribution is -0.143. The highest BCUT2D eigenvalue weighted by Crippen LogP contribution is 2.09. The van der Waals surface area contributed by atoms with Gasteiger partial charge in [-0.3, -0.25) is 4.79 Å². The molecule has 9 nitrogen and oxygen atoms in total. The van der Waals surface area contributed by atoms with Crippen molar-refractivity contribution in [3.63, 3.8) is 0 Å². The largest absolute Gasteiger partial charge is 0.467 e. The number of rotatable bonds is 12. The molecule has 158 valence electrons. The van der Waals surface area contributed by atoms with Gasteiger partial charge in [0, 0.05) is 26.6 Å². The summed E-state index contributed by atoms with van der Waals surface area (Å²) in [5.41, 5.74) is -0.692. The fourth-order valence-electron chi connectivity index (χ4n) is 1.99. The van der Waals surface area contributed by atoms with E-state index in [4.69, 9.17) is 14.2 Å². The first kappa shape index (κ1) is 25.1. The zero-order valence-corrected chi connectivity index (χ0v) is 17.3. The van der Waals surface area contributed by atoms with Crippen LogP contribution in [0, 0.1) is 0 Å². The van der Waals surface area contributed by atoms with Gasteiger partial charge >= 0.3 is 12.1 Å². The fraction of sp³-hybridized carbons (Fsp3) is 0.833. The van der Waals surface area contributed by atoms with Gasteiger partial charge in [-0.1, -0.05) is 0 Å². The summed E-state index contributed by atoms with van der Waals surface area (Å²) in [6.07, 6.45) is -0.549. The highest BCUT2D eigenvalue weighted by molar-refractivity contribution is 5.82. The van der Waals surface area contributed by atoms with Crippen LogP contribution in [0.3, 0.4) is 0 Å². The molecule has 0 bridgehead atoms. The van der Waals surface area contributed by atoms with Crippen LogP contribution in [0.5, 0.6) is 0 Å². The van der Waals surface area contributed by atoms with E-state index < -0.39 is 23.7 Å². The molecular weight excluding hydrogens is 356 g/mol. The second-order valence-corrected chi connectivity index (χ2v) is 6.89. The molecule has 0 aliphatic rings. The van der Waals surface area contributed by atoms with E-state index in [2.05, 4.69) is 10.1 Å². The molecule has 0 aliphatic carbocycles. The Bertz CT molecular complexity index is 463. The zero-order valence-electron chi connectivity index (χ0n) is 17.3. The van der Waals surface area contributed by atoms with E-state index in [0.717, 1.165) is 0 Å². The zero-order chi connectivity index (χ0) is 20.9. The van der Waals surface area contributed by atoms with Crippen LogP contribution in [0.25, 0.3) is 0 Å². The van der Waals surface area contributed by atoms with Crippen LogP contribution in [0.1, 0.15) is 40.5 Å². The molecule has 0 aromatic carbocycles. The summed E-state index contributed by atoms with van der Waals surface area (Å²) in [7, 11) is 2.88. The van der Waals surface area contributed by atoms with Gasteiger partial charge in [0.15, 0.2) is 0 Å². The molecule has 2 amide bonds. The molecule has 0 saturated carbocycles. The third-order valence-electron chi connectivity index (χ3n) is 3.40. The predicted molar refractivity (Wildman–Crippen MR) is 99.4 cm³/mol. The molecule has 27 heavy (non-hydrogen) atoms. The Hall–Kier alpha value is -1.87. The number of amides is 2. The minimum absolute atomic E-state index is 0.0744. The summed E-state index contributed by atoms with van der Waals surface area (Å²) < 4.78 is 20.3. The minimum atomic E-state index is -0.954. The van der Waals surface area contributed by atoms with Crippen LogP contribution >= 0.6 is 0 Å². The quantitative estimate of drug-likeness (QED) is 0.396. The second-order valence-electron chi connectivity index (χ2n) is 6.89. The molecule has 0 saturated heterocycles. The van der Waals surface area contributed by atoms with E-state index in [0.29, 0.717) is 33.0 Å². The van der Waals surface area contributed by atoms with Crippen molar-refractivity contribution in [2.24, 2.45) is 0 Å². The standard InChI is InChI=1S/C18H34N2O7/c1-7-25-12-13-26-11-10-20(5)15(21)9-8-14(16(22)24-6)19-17(23)27-18(2,3)4/h14H,7-13H2,1-6H3,(H,19,23)/t14-/m0/s1. The van der Waals surface area contributed by atoms with Crippen LogP contribution in [-0.4, -0.2) is 81.6 Å². The van der Waals surface area contributed by atoms with E-state index in [-0.39, 0.29) is 18.7 Å². The van der Waals surface area contributed by atoms with Gasteiger partial charge in [-0.15, -0.1) is 0 Å². The summed E-state index contributed by atoms with van der Waals surface area (Å²) in [5, 5.41) is 2.45. The molecule has 1 N–H and O–H groups in total. The summed E-state index contributed by atoms with van der Waals surface area (Å²) in [6, 6.07) is -0.954. The lowest BCUT2D eigenvalue weighted by Crippen LogP contribution is -2.44. The number of nitrogens with zero attached hydrogens (tertiary/aromatic N) is 1. The highest BCUT2D eigenvalue weighted by Gasteiger charge is 2.26. The lowest BCUT2D eigenvalue weighted by atomic mass is 10.1. The van der Waals surface area contributed by atoms with Gasteiger partial charge < -0.3 is 29.2 Å². The number of nitrogens with one attached hydrogen (secondary N) is 1. The first-order valence-corrected chi connectivity index (χ1v) is 9.07. The number of hydrogen-bond acceptors (Lipinski definition) is 7. The van der Waals surface area contributed by atoms with Gasteiger partial charge in [0.2, 0.25) is 5.91 Å². The molecule has 0 rings (SSSR count). The van der Waals surface area contributed by atoms with Gasteiger partial charge in [0.05, 0.1) is 26.9 Å². The monoisotopic (exact) mass is 390 g/mol. The van der Waals surface area contributed by atoms with Crippen molar-refractivity contribution in [3.05, 3.63) is 0 Å². The van der Waals surface area contributed by atoms with E-state index in [1.807, 2.05) is 6.92 Å². The normalized spacial score (nSPS) is 12.2. The van der Waals surface area contributed by atoms with Gasteiger partial charge in [-0.25, -0.2) is 9.59 Å². The second kappa shape index (κ2) is 13.3. The Morgan fingerprint density at radius 2 is 1.70 bits per heavy atom. The number of likely N-dealkylation sites (N-methyl/N-ethyl adjacent to an activating group) is 1. The molecule has 0 unspecified atom stereocenters. The van der Waals surface area contributed by atoms with Gasteiger partial charge in [0.25, 0.3) is 0 Å². The summed E-state index contributed by atoms with van der Waals surface area (Å²) in [4.78, 5) is 37.4. The number of hydrogen-bond donors (Lipinski definition) is 1. The van der Waals surface area contributed by atoms with Crippen molar-refractivity contribution in [1.29, 1.82) is 0 Å². The Morgan fingerprint density at radius 3 is 2.26 bits per heavy atom. The first-order chi connectivity index (χ1) is 12.6. The topological polar surface area (TPSA) is 103 Å². The molecule has 0 heterocycles. The highest BCUT2D eigenvalue weighted by atomic mass is 16.6. The van der Waals surface area contributed by atoms with Crippen molar-refractivity contribution in [2.75, 3.05) is 47.1 Å². The Labute approximate surface area is 161 Å². The van der Waals surface area contributed by atoms with Crippen LogP contribution in [0.4, 0.5) is 4.79 Å². The van der Waals surface area contributed by atoms with Crippen molar-refractivity contribution in [2.45, 2.75) is 52.2 Å². The van der Waals surface area contributed by atoms with E-state index in [9.17, 15) is 14.4 Å². The van der Waals surface area contributed by atoms with E-state index in [1.54, 1.807) is 27.8 Å². The summed E-state index contributed by atoms with van der Waals surface area (Å²) in [5.74, 6) is -0.793. The molecule has 0 aromatic heterocycles. The number of ether oxygens (including phenoxy) is 4. The summed E-state index contributed by atoms with van der Waals surface area (Å²) in [6.45, 7) is 9.51. The average molecular weight is 390 g/mol. The van der Waals surface area contributed by atoms with Gasteiger partial charge in [-0.2, -0.15) is 0 Å². The number of carbonyl (C=O) groups is 3. The lowest BCUT2D eigenvalue weighted by Gasteiger charge is -2.23. The van der Waals surface area contributed by atoms with Crippen molar-refractivity contribution in [1.82, 2.24) is 10.2 Å². The number of alkyl carbamates (subject to hydrolysis) is 1. The van der Waals surface area contributed by atoms with Crippen LogP contribution in [0.15, 0.2) is 0 Å². The van der Waals surface area contributed by atoms with Gasteiger partial charge in [-0.05, 0) is 34.1 Å². The van der Waals surface area contributed by atoms with Crippen LogP contribution in [-0.2, 0) is 28.5 Å². The molecule has 0 fully saturated rings. The number of esters is 1. The van der Waals surface area contributed by atoms with Crippen molar-refractivity contribution in [3.8, 4) is 0 Å². The Morgan fingerprint density at radius 1 is 1.07 bits per heavy atom. The molecule has 0 spiro atoms. The van der Waals surface area contributed by atoms with Crippen molar-refractivity contribution >= 4 is 18.0 Å². The fourth-order valence-corrected chi connectivity index (χ4v) is 1.99. The first-order valence-electron chi connectivity index (χ1n) is 9.07. The SMILES string of the molecule is CCOCCOCCN(C)C(=O)CC[C@H](NC(=O)OC(C)(C)C)C(=O)OC. The Balaban J connectivity index is 4.34. The maximum absolute atomic E-state index is 12.2. The molecule has 1 atom stereocenters. The van der Waals surface area contributed by atoms with Crippen molar-refractivity contribution < 1.29 is 33.3 Å². The molecular formula is C18H34N2O7. The van der Waals surface area contributed by atoms with Crippen LogP contribution in [0.2, 0.25) is 0 Å². The third kappa shape index (κ3) is 13.0. The molecule has 0 aromatic rings. The smallest absolute Gasteiger partial charge is 0.408 e. The minimum Gasteiger partial charge on any atom is -0.467 e. The van der Waals surface area contributed by atoms with E-state index >= 15 is 0 Å². The maximum atomic E-state index is 12.2.